The molecule has 1 aromatic carbocycles. The number of ether oxygens (including phenoxy) is 2. The fraction of sp³-hybridized carbons (Fsp3) is 0.500. The summed E-state index contributed by atoms with van der Waals surface area (Å²) in [7, 11) is 1.65. The summed E-state index contributed by atoms with van der Waals surface area (Å²) < 4.78 is 10.5. The summed E-state index contributed by atoms with van der Waals surface area (Å²) in [5.41, 5.74) is 2.08. The SMILES string of the molecule is COc1cc(CC(=O)N2CCOCC2)ccc1C. The van der Waals surface area contributed by atoms with Crippen LogP contribution in [0, 0.1) is 6.92 Å². The molecule has 1 amide bonds. The van der Waals surface area contributed by atoms with Crippen LogP contribution in [0.4, 0.5) is 0 Å². The Hall–Kier alpha value is -1.55. The molecule has 0 unspecified atom stereocenters. The topological polar surface area (TPSA) is 38.8 Å². The van der Waals surface area contributed by atoms with Crippen LogP contribution >= 0.6 is 0 Å². The molecule has 4 nitrogen and oxygen atoms in total. The summed E-state index contributed by atoms with van der Waals surface area (Å²) in [6.07, 6.45) is 0.427. The second-order valence-electron chi connectivity index (χ2n) is 4.47. The predicted molar refractivity (Wildman–Crippen MR) is 68.8 cm³/mol. The van der Waals surface area contributed by atoms with E-state index < -0.39 is 0 Å². The summed E-state index contributed by atoms with van der Waals surface area (Å²) in [6.45, 7) is 4.67. The van der Waals surface area contributed by atoms with Gasteiger partial charge in [0.05, 0.1) is 26.7 Å². The molecular formula is C14H19NO3. The van der Waals surface area contributed by atoms with E-state index in [9.17, 15) is 4.79 Å². The first kappa shape index (κ1) is 12.9. The monoisotopic (exact) mass is 249 g/mol. The second kappa shape index (κ2) is 5.87. The average Bonchev–Trinajstić information content (AvgIpc) is 2.42. The van der Waals surface area contributed by atoms with E-state index in [1.165, 1.54) is 0 Å². The van der Waals surface area contributed by atoms with Crippen LogP contribution in [0.3, 0.4) is 0 Å². The van der Waals surface area contributed by atoms with Crippen LogP contribution in [0.25, 0.3) is 0 Å². The van der Waals surface area contributed by atoms with Gasteiger partial charge in [0.15, 0.2) is 0 Å². The Morgan fingerprint density at radius 1 is 1.39 bits per heavy atom. The Balaban J connectivity index is 2.02. The number of hydrogen-bond donors (Lipinski definition) is 0. The lowest BCUT2D eigenvalue weighted by Crippen LogP contribution is -2.41. The molecule has 1 saturated heterocycles. The molecule has 1 heterocycles. The summed E-state index contributed by atoms with van der Waals surface area (Å²) in [4.78, 5) is 13.9. The number of hydrogen-bond acceptors (Lipinski definition) is 3. The van der Waals surface area contributed by atoms with Crippen molar-refractivity contribution in [2.24, 2.45) is 0 Å². The molecule has 0 bridgehead atoms. The largest absolute Gasteiger partial charge is 0.496 e. The zero-order valence-electron chi connectivity index (χ0n) is 10.9. The van der Waals surface area contributed by atoms with Gasteiger partial charge in [0.2, 0.25) is 5.91 Å². The lowest BCUT2D eigenvalue weighted by molar-refractivity contribution is -0.134. The highest BCUT2D eigenvalue weighted by atomic mass is 16.5. The van der Waals surface area contributed by atoms with Gasteiger partial charge in [-0.1, -0.05) is 12.1 Å². The standard InChI is InChI=1S/C14H19NO3/c1-11-3-4-12(9-13(11)17-2)10-14(16)15-5-7-18-8-6-15/h3-4,9H,5-8,10H2,1-2H3. The minimum atomic E-state index is 0.157. The molecular weight excluding hydrogens is 230 g/mol. The van der Waals surface area contributed by atoms with Crippen molar-refractivity contribution in [3.63, 3.8) is 0 Å². The van der Waals surface area contributed by atoms with E-state index in [-0.39, 0.29) is 5.91 Å². The highest BCUT2D eigenvalue weighted by Gasteiger charge is 2.17. The smallest absolute Gasteiger partial charge is 0.227 e. The van der Waals surface area contributed by atoms with E-state index in [0.717, 1.165) is 16.9 Å². The van der Waals surface area contributed by atoms with Crippen molar-refractivity contribution in [2.75, 3.05) is 33.4 Å². The van der Waals surface area contributed by atoms with E-state index in [2.05, 4.69) is 0 Å². The van der Waals surface area contributed by atoms with Gasteiger partial charge in [0, 0.05) is 13.1 Å². The van der Waals surface area contributed by atoms with Gasteiger partial charge in [-0.2, -0.15) is 0 Å². The van der Waals surface area contributed by atoms with Crippen LogP contribution in [-0.4, -0.2) is 44.2 Å². The molecule has 0 radical (unpaired) electrons. The van der Waals surface area contributed by atoms with Crippen molar-refractivity contribution in [3.8, 4) is 5.75 Å². The maximum atomic E-state index is 12.1. The molecule has 0 atom stereocenters. The van der Waals surface area contributed by atoms with Crippen LogP contribution in [0.1, 0.15) is 11.1 Å². The van der Waals surface area contributed by atoms with Crippen molar-refractivity contribution in [2.45, 2.75) is 13.3 Å². The Kier molecular flexibility index (Phi) is 4.20. The molecule has 4 heteroatoms. The van der Waals surface area contributed by atoms with Crippen LogP contribution in [0.15, 0.2) is 18.2 Å². The molecule has 98 valence electrons. The van der Waals surface area contributed by atoms with Gasteiger partial charge < -0.3 is 14.4 Å². The molecule has 0 aromatic heterocycles. The number of methoxy groups -OCH3 is 1. The lowest BCUT2D eigenvalue weighted by Gasteiger charge is -2.27. The minimum Gasteiger partial charge on any atom is -0.496 e. The number of amides is 1. The Morgan fingerprint density at radius 2 is 2.11 bits per heavy atom. The molecule has 1 aromatic rings. The number of rotatable bonds is 3. The van der Waals surface area contributed by atoms with Gasteiger partial charge in [0.25, 0.3) is 0 Å². The fourth-order valence-corrected chi connectivity index (χ4v) is 2.07. The highest BCUT2D eigenvalue weighted by Crippen LogP contribution is 2.19. The maximum Gasteiger partial charge on any atom is 0.227 e. The zero-order chi connectivity index (χ0) is 13.0. The van der Waals surface area contributed by atoms with Crippen molar-refractivity contribution in [3.05, 3.63) is 29.3 Å². The van der Waals surface area contributed by atoms with Crippen LogP contribution in [-0.2, 0) is 16.0 Å². The first-order valence-electron chi connectivity index (χ1n) is 6.20. The average molecular weight is 249 g/mol. The number of carbonyl (C=O) groups is 1. The fourth-order valence-electron chi connectivity index (χ4n) is 2.07. The van der Waals surface area contributed by atoms with Crippen molar-refractivity contribution >= 4 is 5.91 Å². The number of carbonyl (C=O) groups excluding carboxylic acids is 1. The maximum absolute atomic E-state index is 12.1. The van der Waals surface area contributed by atoms with Gasteiger partial charge >= 0.3 is 0 Å². The number of aryl methyl sites for hydroxylation is 1. The molecule has 2 rings (SSSR count). The summed E-state index contributed by atoms with van der Waals surface area (Å²) in [5.74, 6) is 0.992. The second-order valence-corrected chi connectivity index (χ2v) is 4.47. The first-order chi connectivity index (χ1) is 8.70. The van der Waals surface area contributed by atoms with Crippen molar-refractivity contribution < 1.29 is 14.3 Å². The van der Waals surface area contributed by atoms with Gasteiger partial charge in [-0.15, -0.1) is 0 Å². The minimum absolute atomic E-state index is 0.157. The van der Waals surface area contributed by atoms with Crippen LogP contribution in [0.5, 0.6) is 5.75 Å². The first-order valence-corrected chi connectivity index (χ1v) is 6.20. The lowest BCUT2D eigenvalue weighted by atomic mass is 10.1. The zero-order valence-corrected chi connectivity index (χ0v) is 10.9. The normalized spacial score (nSPS) is 15.6. The summed E-state index contributed by atoms with van der Waals surface area (Å²) in [6, 6.07) is 5.91. The van der Waals surface area contributed by atoms with E-state index in [4.69, 9.17) is 9.47 Å². The van der Waals surface area contributed by atoms with Gasteiger partial charge in [-0.05, 0) is 24.1 Å². The predicted octanol–water partition coefficient (Wildman–Crippen LogP) is 1.40. The Morgan fingerprint density at radius 3 is 2.78 bits per heavy atom. The molecule has 0 saturated carbocycles. The third-order valence-electron chi connectivity index (χ3n) is 3.19. The third-order valence-corrected chi connectivity index (χ3v) is 3.19. The molecule has 0 aliphatic carbocycles. The third kappa shape index (κ3) is 3.01. The molecule has 1 fully saturated rings. The van der Waals surface area contributed by atoms with Crippen LogP contribution < -0.4 is 4.74 Å². The van der Waals surface area contributed by atoms with E-state index in [0.29, 0.717) is 32.7 Å². The number of nitrogens with zero attached hydrogens (tertiary/aromatic N) is 1. The molecule has 0 N–H and O–H groups in total. The highest BCUT2D eigenvalue weighted by molar-refractivity contribution is 5.79. The van der Waals surface area contributed by atoms with Crippen molar-refractivity contribution in [1.29, 1.82) is 0 Å². The van der Waals surface area contributed by atoms with Crippen LogP contribution in [0.2, 0.25) is 0 Å². The summed E-state index contributed by atoms with van der Waals surface area (Å²) >= 11 is 0. The van der Waals surface area contributed by atoms with E-state index in [1.54, 1.807) is 7.11 Å². The summed E-state index contributed by atoms with van der Waals surface area (Å²) in [5, 5.41) is 0. The Bertz CT molecular complexity index is 425. The number of benzene rings is 1. The number of morpholine rings is 1. The molecule has 0 spiro atoms. The van der Waals surface area contributed by atoms with Crippen molar-refractivity contribution in [1.82, 2.24) is 4.90 Å². The molecule has 18 heavy (non-hydrogen) atoms. The quantitative estimate of drug-likeness (QED) is 0.813. The van der Waals surface area contributed by atoms with E-state index >= 15 is 0 Å². The van der Waals surface area contributed by atoms with E-state index in [1.807, 2.05) is 30.0 Å². The molecule has 1 aliphatic rings. The van der Waals surface area contributed by atoms with Gasteiger partial charge in [-0.25, -0.2) is 0 Å². The molecule has 1 aliphatic heterocycles. The van der Waals surface area contributed by atoms with Gasteiger partial charge in [0.1, 0.15) is 5.75 Å². The Labute approximate surface area is 107 Å². The van der Waals surface area contributed by atoms with Gasteiger partial charge in [-0.3, -0.25) is 4.79 Å².